The van der Waals surface area contributed by atoms with Crippen LogP contribution in [0, 0.1) is 11.8 Å². The van der Waals surface area contributed by atoms with Crippen molar-refractivity contribution >= 4 is 39.3 Å². The minimum atomic E-state index is -0.474. The molecule has 9 heteroatoms. The minimum absolute atomic E-state index is 0.00532. The Morgan fingerprint density at radius 1 is 1.06 bits per heavy atom. The van der Waals surface area contributed by atoms with Crippen LogP contribution in [0.25, 0.3) is 21.3 Å². The lowest BCUT2D eigenvalue weighted by Crippen LogP contribution is -2.37. The number of thiophene rings is 1. The Hall–Kier alpha value is -3.59. The Balaban J connectivity index is 1.31. The molecule has 1 N–H and O–H groups in total. The van der Waals surface area contributed by atoms with Gasteiger partial charge in [-0.25, -0.2) is 9.66 Å². The van der Waals surface area contributed by atoms with Gasteiger partial charge in [0.05, 0.1) is 17.2 Å². The quantitative estimate of drug-likeness (QED) is 0.477. The van der Waals surface area contributed by atoms with Crippen LogP contribution in [0.2, 0.25) is 0 Å². The van der Waals surface area contributed by atoms with Gasteiger partial charge in [-0.1, -0.05) is 42.5 Å². The molecule has 0 bridgehead atoms. The molecular formula is C23H20N4O4S. The summed E-state index contributed by atoms with van der Waals surface area (Å²) in [5.74, 6) is -1.55. The Kier molecular flexibility index (Phi) is 5.18. The third-order valence-electron chi connectivity index (χ3n) is 5.99. The number of carbonyl (C=O) groups excluding carboxylic acids is 3. The van der Waals surface area contributed by atoms with Gasteiger partial charge in [0.25, 0.3) is 5.56 Å². The number of carbonyl (C=O) groups is 3. The van der Waals surface area contributed by atoms with Crippen LogP contribution in [0.1, 0.15) is 19.3 Å². The summed E-state index contributed by atoms with van der Waals surface area (Å²) in [7, 11) is 0. The first-order chi connectivity index (χ1) is 15.5. The number of aromatic nitrogens is 2. The molecule has 2 aromatic heterocycles. The molecule has 0 radical (unpaired) electrons. The van der Waals surface area contributed by atoms with Crippen LogP contribution < -0.4 is 11.0 Å². The van der Waals surface area contributed by atoms with Gasteiger partial charge < -0.3 is 0 Å². The molecule has 1 aliphatic heterocycles. The highest BCUT2D eigenvalue weighted by Crippen LogP contribution is 2.35. The SMILES string of the molecule is O=C(CCN1C(=O)[C@@H]2CC=CC[C@H]2C1=O)Nn1cnc2scc(-c3ccccc3)c2c1=O. The predicted molar refractivity (Wildman–Crippen MR) is 120 cm³/mol. The number of imide groups is 1. The van der Waals surface area contributed by atoms with Gasteiger partial charge in [-0.05, 0) is 18.4 Å². The van der Waals surface area contributed by atoms with Crippen LogP contribution in [0.3, 0.4) is 0 Å². The highest BCUT2D eigenvalue weighted by Gasteiger charge is 2.46. The van der Waals surface area contributed by atoms with E-state index in [0.29, 0.717) is 23.1 Å². The molecule has 1 aliphatic carbocycles. The third kappa shape index (κ3) is 3.44. The molecule has 8 nitrogen and oxygen atoms in total. The van der Waals surface area contributed by atoms with E-state index >= 15 is 0 Å². The van der Waals surface area contributed by atoms with Gasteiger partial charge in [-0.3, -0.25) is 29.5 Å². The van der Waals surface area contributed by atoms with E-state index in [1.54, 1.807) is 0 Å². The molecule has 1 saturated heterocycles. The number of hydrogen-bond donors (Lipinski definition) is 1. The number of rotatable bonds is 5. The maximum absolute atomic E-state index is 13.0. The first kappa shape index (κ1) is 20.3. The standard InChI is InChI=1S/C23H20N4O4S/c28-18(10-11-26-21(29)15-8-4-5-9-16(15)22(26)30)25-27-13-24-20-19(23(27)31)17(12-32-20)14-6-2-1-3-7-14/h1-7,12-13,15-16H,8-11H2,(H,25,28)/t15-,16-/m1/s1. The van der Waals surface area contributed by atoms with Gasteiger partial charge >= 0.3 is 0 Å². The van der Waals surface area contributed by atoms with Crippen molar-refractivity contribution in [3.05, 3.63) is 64.5 Å². The number of allylic oxidation sites excluding steroid dienone is 2. The lowest BCUT2D eigenvalue weighted by atomic mass is 9.85. The zero-order valence-electron chi connectivity index (χ0n) is 17.1. The van der Waals surface area contributed by atoms with Crippen LogP contribution in [-0.2, 0) is 14.4 Å². The van der Waals surface area contributed by atoms with Gasteiger partial charge in [0.15, 0.2) is 0 Å². The second-order valence-electron chi connectivity index (χ2n) is 7.88. The van der Waals surface area contributed by atoms with Gasteiger partial charge in [0.1, 0.15) is 11.2 Å². The molecule has 2 atom stereocenters. The van der Waals surface area contributed by atoms with Crippen LogP contribution >= 0.6 is 11.3 Å². The van der Waals surface area contributed by atoms with E-state index in [4.69, 9.17) is 0 Å². The molecule has 3 amide bonds. The van der Waals surface area contributed by atoms with Crippen LogP contribution in [0.15, 0.2) is 59.0 Å². The summed E-state index contributed by atoms with van der Waals surface area (Å²) in [6, 6.07) is 9.50. The molecule has 3 heterocycles. The maximum Gasteiger partial charge on any atom is 0.281 e. The van der Waals surface area contributed by atoms with Gasteiger partial charge in [0, 0.05) is 23.9 Å². The number of benzene rings is 1. The third-order valence-corrected chi connectivity index (χ3v) is 6.87. The van der Waals surface area contributed by atoms with Crippen molar-refractivity contribution in [3.8, 4) is 11.1 Å². The molecule has 0 unspecified atom stereocenters. The summed E-state index contributed by atoms with van der Waals surface area (Å²) >= 11 is 1.36. The van der Waals surface area contributed by atoms with E-state index in [-0.39, 0.29) is 42.2 Å². The zero-order valence-corrected chi connectivity index (χ0v) is 17.9. The number of nitrogens with one attached hydrogen (secondary N) is 1. The normalized spacial score (nSPS) is 20.1. The molecule has 32 heavy (non-hydrogen) atoms. The lowest BCUT2D eigenvalue weighted by molar-refractivity contribution is -0.140. The van der Waals surface area contributed by atoms with Crippen molar-refractivity contribution in [1.29, 1.82) is 0 Å². The van der Waals surface area contributed by atoms with Crippen LogP contribution in [-0.4, -0.2) is 38.8 Å². The summed E-state index contributed by atoms with van der Waals surface area (Å²) in [4.78, 5) is 56.7. The van der Waals surface area contributed by atoms with Crippen molar-refractivity contribution in [2.24, 2.45) is 11.8 Å². The largest absolute Gasteiger partial charge is 0.282 e. The Morgan fingerprint density at radius 3 is 2.44 bits per heavy atom. The molecule has 3 aromatic rings. The smallest absolute Gasteiger partial charge is 0.281 e. The molecule has 0 spiro atoms. The molecule has 2 aliphatic rings. The fourth-order valence-electron chi connectivity index (χ4n) is 4.34. The maximum atomic E-state index is 13.0. The summed E-state index contributed by atoms with van der Waals surface area (Å²) in [5.41, 5.74) is 3.80. The van der Waals surface area contributed by atoms with Crippen molar-refractivity contribution in [3.63, 3.8) is 0 Å². The average molecular weight is 449 g/mol. The van der Waals surface area contributed by atoms with Crippen molar-refractivity contribution in [2.75, 3.05) is 12.0 Å². The Bertz CT molecular complexity index is 1280. The minimum Gasteiger partial charge on any atom is -0.282 e. The summed E-state index contributed by atoms with van der Waals surface area (Å²) < 4.78 is 1.06. The van der Waals surface area contributed by atoms with Crippen LogP contribution in [0.5, 0.6) is 0 Å². The van der Waals surface area contributed by atoms with E-state index in [1.807, 2.05) is 47.9 Å². The fourth-order valence-corrected chi connectivity index (χ4v) is 5.24. The van der Waals surface area contributed by atoms with Crippen LogP contribution in [0.4, 0.5) is 0 Å². The van der Waals surface area contributed by atoms with Crippen molar-refractivity contribution < 1.29 is 14.4 Å². The molecule has 162 valence electrons. The second kappa shape index (κ2) is 8.16. The summed E-state index contributed by atoms with van der Waals surface area (Å²) in [6.45, 7) is -0.00532. The topological polar surface area (TPSA) is 101 Å². The van der Waals surface area contributed by atoms with Gasteiger partial charge in [0.2, 0.25) is 17.7 Å². The molecule has 1 aromatic carbocycles. The average Bonchev–Trinajstić information content (AvgIpc) is 3.35. The molecule has 0 saturated carbocycles. The van der Waals surface area contributed by atoms with E-state index in [2.05, 4.69) is 10.4 Å². The highest BCUT2D eigenvalue weighted by atomic mass is 32.1. The Morgan fingerprint density at radius 2 is 1.75 bits per heavy atom. The zero-order chi connectivity index (χ0) is 22.2. The molecular weight excluding hydrogens is 428 g/mol. The highest BCUT2D eigenvalue weighted by molar-refractivity contribution is 7.17. The number of amides is 3. The van der Waals surface area contributed by atoms with E-state index in [1.165, 1.54) is 22.6 Å². The number of nitrogens with zero attached hydrogens (tertiary/aromatic N) is 3. The van der Waals surface area contributed by atoms with Crippen molar-refractivity contribution in [1.82, 2.24) is 14.6 Å². The number of hydrogen-bond acceptors (Lipinski definition) is 6. The molecule has 5 rings (SSSR count). The monoisotopic (exact) mass is 448 g/mol. The van der Waals surface area contributed by atoms with Gasteiger partial charge in [-0.15, -0.1) is 11.3 Å². The van der Waals surface area contributed by atoms with E-state index in [9.17, 15) is 19.2 Å². The molecule has 1 fully saturated rings. The van der Waals surface area contributed by atoms with E-state index < -0.39 is 5.91 Å². The summed E-state index contributed by atoms with van der Waals surface area (Å²) in [6.07, 6.45) is 6.15. The summed E-state index contributed by atoms with van der Waals surface area (Å²) in [5, 5.41) is 2.31. The lowest BCUT2D eigenvalue weighted by Gasteiger charge is -2.14. The number of fused-ring (bicyclic) bond motifs is 2. The number of likely N-dealkylation sites (tertiary alicyclic amines) is 1. The van der Waals surface area contributed by atoms with Crippen molar-refractivity contribution in [2.45, 2.75) is 19.3 Å². The first-order valence-corrected chi connectivity index (χ1v) is 11.3. The fraction of sp³-hybridized carbons (Fsp3) is 0.261. The predicted octanol–water partition coefficient (Wildman–Crippen LogP) is 2.54. The van der Waals surface area contributed by atoms with E-state index in [0.717, 1.165) is 15.8 Å². The first-order valence-electron chi connectivity index (χ1n) is 10.4. The van der Waals surface area contributed by atoms with Gasteiger partial charge in [-0.2, -0.15) is 0 Å². The Labute approximate surface area is 187 Å². The second-order valence-corrected chi connectivity index (χ2v) is 8.74.